The standard InChI is InChI=1S/C20H15ClN2O6/c1-2-27-20(26)11-3-5-13(6-4-11)23-19(25)14(18(24)22-23)7-12-8-16-17(9-15(12)21)29-10-28-16/h3-9H,2,10H2,1H3,(H,22,24). The monoisotopic (exact) mass is 414 g/mol. The first-order chi connectivity index (χ1) is 14.0. The molecule has 2 aliphatic rings. The van der Waals surface area contributed by atoms with E-state index in [0.717, 1.165) is 5.01 Å². The number of esters is 1. The first-order valence-corrected chi connectivity index (χ1v) is 9.09. The molecule has 8 nitrogen and oxygen atoms in total. The van der Waals surface area contributed by atoms with Gasteiger partial charge in [0.15, 0.2) is 11.5 Å². The van der Waals surface area contributed by atoms with Crippen LogP contribution in [-0.4, -0.2) is 31.2 Å². The summed E-state index contributed by atoms with van der Waals surface area (Å²) >= 11 is 6.23. The zero-order valence-electron chi connectivity index (χ0n) is 15.2. The molecule has 2 aromatic rings. The second kappa shape index (κ2) is 7.48. The van der Waals surface area contributed by atoms with Gasteiger partial charge in [-0.2, -0.15) is 0 Å². The molecule has 2 heterocycles. The third-order valence-electron chi connectivity index (χ3n) is 4.32. The average Bonchev–Trinajstić information content (AvgIpc) is 3.27. The lowest BCUT2D eigenvalue weighted by Crippen LogP contribution is -2.35. The van der Waals surface area contributed by atoms with Gasteiger partial charge >= 0.3 is 5.97 Å². The average molecular weight is 415 g/mol. The molecule has 0 aliphatic carbocycles. The van der Waals surface area contributed by atoms with Crippen molar-refractivity contribution in [3.05, 3.63) is 58.1 Å². The fourth-order valence-electron chi connectivity index (χ4n) is 2.90. The van der Waals surface area contributed by atoms with Crippen LogP contribution in [0.1, 0.15) is 22.8 Å². The Morgan fingerprint density at radius 2 is 1.90 bits per heavy atom. The molecule has 1 fully saturated rings. The first-order valence-electron chi connectivity index (χ1n) is 8.71. The lowest BCUT2D eigenvalue weighted by atomic mass is 10.1. The van der Waals surface area contributed by atoms with Gasteiger partial charge in [-0.15, -0.1) is 0 Å². The number of benzene rings is 2. The number of amides is 2. The topological polar surface area (TPSA) is 94.2 Å². The van der Waals surface area contributed by atoms with Gasteiger partial charge < -0.3 is 14.2 Å². The predicted molar refractivity (Wildman–Crippen MR) is 104 cm³/mol. The Labute approximate surface area is 170 Å². The van der Waals surface area contributed by atoms with E-state index in [1.165, 1.54) is 18.2 Å². The molecular weight excluding hydrogens is 400 g/mol. The molecule has 0 saturated carbocycles. The van der Waals surface area contributed by atoms with Crippen LogP contribution in [0.2, 0.25) is 5.02 Å². The van der Waals surface area contributed by atoms with Gasteiger partial charge in [0.2, 0.25) is 6.79 Å². The molecule has 1 N–H and O–H groups in total. The van der Waals surface area contributed by atoms with Crippen LogP contribution in [0, 0.1) is 0 Å². The third kappa shape index (κ3) is 3.50. The van der Waals surface area contributed by atoms with E-state index in [4.69, 9.17) is 25.8 Å². The summed E-state index contributed by atoms with van der Waals surface area (Å²) in [7, 11) is 0. The number of ether oxygens (including phenoxy) is 3. The number of hydrogen-bond donors (Lipinski definition) is 1. The van der Waals surface area contributed by atoms with Gasteiger partial charge in [-0.05, 0) is 48.9 Å². The van der Waals surface area contributed by atoms with Crippen LogP contribution in [0.3, 0.4) is 0 Å². The van der Waals surface area contributed by atoms with E-state index in [-0.39, 0.29) is 19.0 Å². The molecule has 0 unspecified atom stereocenters. The van der Waals surface area contributed by atoms with E-state index >= 15 is 0 Å². The smallest absolute Gasteiger partial charge is 0.338 e. The molecule has 0 aromatic heterocycles. The van der Waals surface area contributed by atoms with Crippen molar-refractivity contribution in [1.29, 1.82) is 0 Å². The maximum Gasteiger partial charge on any atom is 0.338 e. The number of hydrazine groups is 1. The number of nitrogens with one attached hydrogen (secondary N) is 1. The van der Waals surface area contributed by atoms with Crippen molar-refractivity contribution in [1.82, 2.24) is 5.43 Å². The molecule has 1 saturated heterocycles. The number of anilines is 1. The minimum atomic E-state index is -0.571. The van der Waals surface area contributed by atoms with Crippen LogP contribution in [0.5, 0.6) is 11.5 Å². The Morgan fingerprint density at radius 1 is 1.21 bits per heavy atom. The molecule has 29 heavy (non-hydrogen) atoms. The predicted octanol–water partition coefficient (Wildman–Crippen LogP) is 2.71. The molecule has 0 atom stereocenters. The van der Waals surface area contributed by atoms with Crippen molar-refractivity contribution in [2.45, 2.75) is 6.92 Å². The Bertz CT molecular complexity index is 1050. The highest BCUT2D eigenvalue weighted by Crippen LogP contribution is 2.38. The minimum absolute atomic E-state index is 0.0831. The molecule has 148 valence electrons. The molecule has 0 bridgehead atoms. The summed E-state index contributed by atoms with van der Waals surface area (Å²) in [6, 6.07) is 9.29. The van der Waals surface area contributed by atoms with E-state index in [1.807, 2.05) is 0 Å². The van der Waals surface area contributed by atoms with E-state index in [9.17, 15) is 14.4 Å². The minimum Gasteiger partial charge on any atom is -0.462 e. The molecular formula is C20H15ClN2O6. The Kier molecular flexibility index (Phi) is 4.85. The highest BCUT2D eigenvalue weighted by molar-refractivity contribution is 6.34. The normalized spacial score (nSPS) is 16.3. The van der Waals surface area contributed by atoms with Crippen molar-refractivity contribution >= 4 is 41.1 Å². The van der Waals surface area contributed by atoms with E-state index in [2.05, 4.69) is 5.43 Å². The highest BCUT2D eigenvalue weighted by Gasteiger charge is 2.35. The van der Waals surface area contributed by atoms with Crippen molar-refractivity contribution in [2.75, 3.05) is 18.4 Å². The molecule has 2 amide bonds. The van der Waals surface area contributed by atoms with Crippen LogP contribution >= 0.6 is 11.6 Å². The third-order valence-corrected chi connectivity index (χ3v) is 4.65. The lowest BCUT2D eigenvalue weighted by molar-refractivity contribution is -0.117. The summed E-state index contributed by atoms with van der Waals surface area (Å²) in [6.45, 7) is 2.06. The number of rotatable bonds is 4. The van der Waals surface area contributed by atoms with Crippen molar-refractivity contribution in [3.63, 3.8) is 0 Å². The summed E-state index contributed by atoms with van der Waals surface area (Å²) in [4.78, 5) is 36.9. The maximum absolute atomic E-state index is 12.8. The first kappa shape index (κ1) is 18.8. The van der Waals surface area contributed by atoms with E-state index in [0.29, 0.717) is 33.3 Å². The fourth-order valence-corrected chi connectivity index (χ4v) is 3.11. The Balaban J connectivity index is 1.59. The van der Waals surface area contributed by atoms with Crippen LogP contribution in [0.25, 0.3) is 6.08 Å². The van der Waals surface area contributed by atoms with Gasteiger partial charge in [-0.1, -0.05) is 11.6 Å². The number of nitrogens with zero attached hydrogens (tertiary/aromatic N) is 1. The van der Waals surface area contributed by atoms with Crippen molar-refractivity contribution < 1.29 is 28.6 Å². The van der Waals surface area contributed by atoms with E-state index in [1.54, 1.807) is 31.2 Å². The molecule has 0 radical (unpaired) electrons. The van der Waals surface area contributed by atoms with Crippen LogP contribution in [0.15, 0.2) is 42.0 Å². The summed E-state index contributed by atoms with van der Waals surface area (Å²) < 4.78 is 15.5. The Morgan fingerprint density at radius 3 is 2.59 bits per heavy atom. The van der Waals surface area contributed by atoms with Gasteiger partial charge in [0.25, 0.3) is 11.8 Å². The summed E-state index contributed by atoms with van der Waals surface area (Å²) in [5.41, 5.74) is 3.61. The van der Waals surface area contributed by atoms with Gasteiger partial charge in [0.1, 0.15) is 5.57 Å². The number of halogens is 1. The number of carbonyl (C=O) groups excluding carboxylic acids is 3. The SMILES string of the molecule is CCOC(=O)c1ccc(N2NC(=O)C(=Cc3cc4c(cc3Cl)OCO4)C2=O)cc1. The van der Waals surface area contributed by atoms with Gasteiger partial charge in [-0.3, -0.25) is 15.0 Å². The quantitative estimate of drug-likeness (QED) is 0.469. The lowest BCUT2D eigenvalue weighted by Gasteiger charge is -2.14. The fraction of sp³-hybridized carbons (Fsp3) is 0.150. The van der Waals surface area contributed by atoms with Gasteiger partial charge in [0, 0.05) is 6.07 Å². The van der Waals surface area contributed by atoms with Crippen molar-refractivity contribution in [2.24, 2.45) is 0 Å². The highest BCUT2D eigenvalue weighted by atomic mass is 35.5. The van der Waals surface area contributed by atoms with Crippen LogP contribution < -0.4 is 19.9 Å². The zero-order valence-corrected chi connectivity index (χ0v) is 16.0. The van der Waals surface area contributed by atoms with Crippen LogP contribution in [-0.2, 0) is 14.3 Å². The number of carbonyl (C=O) groups is 3. The molecule has 2 aliphatic heterocycles. The molecule has 0 spiro atoms. The van der Waals surface area contributed by atoms with Gasteiger partial charge in [-0.25, -0.2) is 9.80 Å². The molecule has 4 rings (SSSR count). The summed E-state index contributed by atoms with van der Waals surface area (Å²) in [5.74, 6) is -0.596. The number of fused-ring (bicyclic) bond motifs is 1. The maximum atomic E-state index is 12.8. The van der Waals surface area contributed by atoms with Crippen LogP contribution in [0.4, 0.5) is 5.69 Å². The summed E-state index contributed by atoms with van der Waals surface area (Å²) in [6.07, 6.45) is 1.40. The van der Waals surface area contributed by atoms with Crippen molar-refractivity contribution in [3.8, 4) is 11.5 Å². The Hall–Kier alpha value is -3.52. The zero-order chi connectivity index (χ0) is 20.5. The largest absolute Gasteiger partial charge is 0.462 e. The van der Waals surface area contributed by atoms with Gasteiger partial charge in [0.05, 0.1) is 22.9 Å². The molecule has 9 heteroatoms. The summed E-state index contributed by atoms with van der Waals surface area (Å²) in [5, 5.41) is 1.42. The molecule has 2 aromatic carbocycles. The second-order valence-electron chi connectivity index (χ2n) is 6.13. The van der Waals surface area contributed by atoms with E-state index < -0.39 is 17.8 Å². The number of hydrogen-bond acceptors (Lipinski definition) is 6. The second-order valence-corrected chi connectivity index (χ2v) is 6.54.